The number of hydrogen-bond donors (Lipinski definition) is 0. The highest BCUT2D eigenvalue weighted by atomic mass is 32.2. The number of methoxy groups -OCH3 is 1. The highest BCUT2D eigenvalue weighted by Crippen LogP contribution is 2.29. The maximum Gasteiger partial charge on any atom is 0.243 e. The Kier molecular flexibility index (Phi) is 6.07. The number of ether oxygens (including phenoxy) is 2. The molecule has 0 bridgehead atoms. The zero-order valence-corrected chi connectivity index (χ0v) is 17.4. The molecule has 2 heterocycles. The molecule has 1 aromatic heterocycles. The topological polar surface area (TPSA) is 99.4 Å². The normalized spacial score (nSPS) is 16.8. The molecule has 4 rings (SSSR count). The van der Waals surface area contributed by atoms with Crippen LogP contribution in [0, 0.1) is 0 Å². The van der Waals surface area contributed by atoms with Crippen LogP contribution in [0.2, 0.25) is 0 Å². The second-order valence-corrected chi connectivity index (χ2v) is 8.94. The fourth-order valence-electron chi connectivity index (χ4n) is 3.48. The van der Waals surface area contributed by atoms with Crippen LogP contribution < -0.4 is 4.74 Å². The highest BCUT2D eigenvalue weighted by molar-refractivity contribution is 7.89. The molecule has 0 spiro atoms. The Morgan fingerprint density at radius 2 is 2.07 bits per heavy atom. The van der Waals surface area contributed by atoms with Gasteiger partial charge >= 0.3 is 0 Å². The van der Waals surface area contributed by atoms with E-state index in [4.69, 9.17) is 9.47 Å². The Morgan fingerprint density at radius 3 is 2.73 bits per heavy atom. The number of benzene rings is 2. The van der Waals surface area contributed by atoms with Crippen LogP contribution in [0.5, 0.6) is 5.75 Å². The lowest BCUT2D eigenvalue weighted by molar-refractivity contribution is 0.0926. The highest BCUT2D eigenvalue weighted by Gasteiger charge is 2.30. The quantitative estimate of drug-likeness (QED) is 0.540. The molecular formula is C20H23N5O4S. The second-order valence-electron chi connectivity index (χ2n) is 7.01. The average molecular weight is 430 g/mol. The van der Waals surface area contributed by atoms with Gasteiger partial charge in [0.2, 0.25) is 10.0 Å². The van der Waals surface area contributed by atoms with E-state index in [0.717, 1.165) is 18.4 Å². The molecule has 1 aliphatic rings. The van der Waals surface area contributed by atoms with Gasteiger partial charge in [-0.2, -0.15) is 8.99 Å². The molecule has 0 unspecified atom stereocenters. The minimum Gasteiger partial charge on any atom is -0.494 e. The molecule has 1 aliphatic heterocycles. The molecule has 1 saturated heterocycles. The number of sulfonamides is 1. The van der Waals surface area contributed by atoms with Crippen LogP contribution in [0.1, 0.15) is 18.4 Å². The first-order chi connectivity index (χ1) is 14.6. The van der Waals surface area contributed by atoms with Crippen molar-refractivity contribution >= 4 is 10.0 Å². The van der Waals surface area contributed by atoms with E-state index < -0.39 is 10.0 Å². The van der Waals surface area contributed by atoms with E-state index in [-0.39, 0.29) is 17.5 Å². The summed E-state index contributed by atoms with van der Waals surface area (Å²) < 4.78 is 41.1. The smallest absolute Gasteiger partial charge is 0.243 e. The SMILES string of the molecule is COc1cc(S(=O)(=O)N(Cc2ccccc2)C[C@H]2CCCO2)ccc1-n1cnnn1. The molecule has 1 atom stereocenters. The zero-order chi connectivity index (χ0) is 21.0. The molecular weight excluding hydrogens is 406 g/mol. The lowest BCUT2D eigenvalue weighted by Gasteiger charge is -2.25. The molecule has 1 fully saturated rings. The maximum atomic E-state index is 13.6. The first-order valence-corrected chi connectivity index (χ1v) is 11.1. The third-order valence-corrected chi connectivity index (χ3v) is 6.83. The molecule has 9 nitrogen and oxygen atoms in total. The van der Waals surface area contributed by atoms with Crippen molar-refractivity contribution in [3.8, 4) is 11.4 Å². The van der Waals surface area contributed by atoms with Gasteiger partial charge in [0.15, 0.2) is 0 Å². The minimum absolute atomic E-state index is 0.106. The largest absolute Gasteiger partial charge is 0.494 e. The number of rotatable bonds is 8. The molecule has 0 N–H and O–H groups in total. The third kappa shape index (κ3) is 4.35. The van der Waals surface area contributed by atoms with Gasteiger partial charge in [-0.15, -0.1) is 5.10 Å². The summed E-state index contributed by atoms with van der Waals surface area (Å²) in [4.78, 5) is 0.144. The molecule has 30 heavy (non-hydrogen) atoms. The summed E-state index contributed by atoms with van der Waals surface area (Å²) in [6, 6.07) is 14.2. The van der Waals surface area contributed by atoms with E-state index in [9.17, 15) is 8.42 Å². The Balaban J connectivity index is 1.68. The summed E-state index contributed by atoms with van der Waals surface area (Å²) in [6.07, 6.45) is 3.11. The zero-order valence-electron chi connectivity index (χ0n) is 16.6. The van der Waals surface area contributed by atoms with Crippen LogP contribution in [-0.4, -0.2) is 59.3 Å². The van der Waals surface area contributed by atoms with Crippen LogP contribution in [0.25, 0.3) is 5.69 Å². The van der Waals surface area contributed by atoms with Crippen molar-refractivity contribution in [1.82, 2.24) is 24.5 Å². The molecule has 0 saturated carbocycles. The summed E-state index contributed by atoms with van der Waals surface area (Å²) in [6.45, 7) is 1.23. The van der Waals surface area contributed by atoms with E-state index in [1.165, 1.54) is 28.5 Å². The summed E-state index contributed by atoms with van der Waals surface area (Å²) in [5.74, 6) is 0.361. The van der Waals surface area contributed by atoms with Gasteiger partial charge in [0.05, 0.1) is 18.1 Å². The molecule has 2 aromatic carbocycles. The van der Waals surface area contributed by atoms with Gasteiger partial charge in [0.25, 0.3) is 0 Å². The van der Waals surface area contributed by atoms with Gasteiger partial charge in [0.1, 0.15) is 17.8 Å². The maximum absolute atomic E-state index is 13.6. The van der Waals surface area contributed by atoms with Crippen LogP contribution >= 0.6 is 0 Å². The Bertz CT molecular complexity index is 1070. The fraction of sp³-hybridized carbons (Fsp3) is 0.350. The van der Waals surface area contributed by atoms with Gasteiger partial charge in [-0.1, -0.05) is 30.3 Å². The van der Waals surface area contributed by atoms with E-state index in [1.807, 2.05) is 30.3 Å². The standard InChI is InChI=1S/C20H23N5O4S/c1-28-20-12-18(9-10-19(20)25-15-21-22-23-25)30(26,27)24(14-17-8-5-11-29-17)13-16-6-3-2-4-7-16/h2-4,6-7,9-10,12,15,17H,5,8,11,13-14H2,1H3/t17-/m1/s1. The predicted molar refractivity (Wildman–Crippen MR) is 109 cm³/mol. The van der Waals surface area contributed by atoms with Gasteiger partial charge < -0.3 is 9.47 Å². The summed E-state index contributed by atoms with van der Waals surface area (Å²) in [5.41, 5.74) is 1.46. The van der Waals surface area contributed by atoms with Crippen LogP contribution in [0.3, 0.4) is 0 Å². The van der Waals surface area contributed by atoms with E-state index in [1.54, 1.807) is 12.1 Å². The van der Waals surface area contributed by atoms with Gasteiger partial charge in [-0.3, -0.25) is 0 Å². The summed E-state index contributed by atoms with van der Waals surface area (Å²) >= 11 is 0. The monoisotopic (exact) mass is 429 g/mol. The first kappa shape index (κ1) is 20.5. The van der Waals surface area contributed by atoms with Crippen molar-refractivity contribution in [2.75, 3.05) is 20.3 Å². The van der Waals surface area contributed by atoms with Crippen molar-refractivity contribution < 1.29 is 17.9 Å². The summed E-state index contributed by atoms with van der Waals surface area (Å²) in [7, 11) is -2.31. The van der Waals surface area contributed by atoms with E-state index in [0.29, 0.717) is 24.6 Å². The van der Waals surface area contributed by atoms with Crippen molar-refractivity contribution in [2.24, 2.45) is 0 Å². The lowest BCUT2D eigenvalue weighted by Crippen LogP contribution is -2.37. The number of nitrogens with zero attached hydrogens (tertiary/aromatic N) is 5. The van der Waals surface area contributed by atoms with Gasteiger partial charge in [0, 0.05) is 25.8 Å². The second kappa shape index (κ2) is 8.90. The van der Waals surface area contributed by atoms with Crippen LogP contribution in [-0.2, 0) is 21.3 Å². The Labute approximate surface area is 175 Å². The third-order valence-electron chi connectivity index (χ3n) is 5.02. The van der Waals surface area contributed by atoms with Crippen molar-refractivity contribution in [1.29, 1.82) is 0 Å². The molecule has 0 aliphatic carbocycles. The number of aromatic nitrogens is 4. The first-order valence-electron chi connectivity index (χ1n) is 9.65. The van der Waals surface area contributed by atoms with Crippen LogP contribution in [0.15, 0.2) is 59.8 Å². The van der Waals surface area contributed by atoms with Gasteiger partial charge in [-0.25, -0.2) is 8.42 Å². The number of hydrogen-bond acceptors (Lipinski definition) is 7. The molecule has 158 valence electrons. The van der Waals surface area contributed by atoms with E-state index >= 15 is 0 Å². The van der Waals surface area contributed by atoms with Crippen LogP contribution in [0.4, 0.5) is 0 Å². The van der Waals surface area contributed by atoms with Crippen molar-refractivity contribution in [2.45, 2.75) is 30.4 Å². The van der Waals surface area contributed by atoms with E-state index in [2.05, 4.69) is 15.5 Å². The average Bonchev–Trinajstić information content (AvgIpc) is 3.48. The molecule has 0 amide bonds. The Morgan fingerprint density at radius 1 is 1.23 bits per heavy atom. The number of tetrazole rings is 1. The van der Waals surface area contributed by atoms with Crippen molar-refractivity contribution in [3.05, 3.63) is 60.4 Å². The lowest BCUT2D eigenvalue weighted by atomic mass is 10.2. The molecule has 3 aromatic rings. The van der Waals surface area contributed by atoms with Gasteiger partial charge in [-0.05, 0) is 41.0 Å². The predicted octanol–water partition coefficient (Wildman–Crippen LogP) is 2.04. The fourth-order valence-corrected chi connectivity index (χ4v) is 4.95. The molecule has 0 radical (unpaired) electrons. The summed E-state index contributed by atoms with van der Waals surface area (Å²) in [5, 5.41) is 11.1. The molecule has 10 heteroatoms. The Hall–Kier alpha value is -2.82. The minimum atomic E-state index is -3.79. The van der Waals surface area contributed by atoms with Crippen molar-refractivity contribution in [3.63, 3.8) is 0 Å².